The van der Waals surface area contributed by atoms with Crippen LogP contribution < -0.4 is 10.1 Å². The predicted octanol–water partition coefficient (Wildman–Crippen LogP) is 2.21. The quantitative estimate of drug-likeness (QED) is 0.872. The van der Waals surface area contributed by atoms with Crippen LogP contribution in [0, 0.1) is 5.82 Å². The van der Waals surface area contributed by atoms with E-state index in [2.05, 4.69) is 17.1 Å². The zero-order chi connectivity index (χ0) is 15.2. The molecule has 5 heteroatoms. The van der Waals surface area contributed by atoms with E-state index < -0.39 is 0 Å². The Bertz CT molecular complexity index is 456. The Morgan fingerprint density at radius 3 is 3.05 bits per heavy atom. The van der Waals surface area contributed by atoms with Crippen molar-refractivity contribution in [1.82, 2.24) is 10.2 Å². The number of halogens is 1. The fourth-order valence-corrected chi connectivity index (χ4v) is 2.72. The average molecular weight is 296 g/mol. The molecule has 1 N–H and O–H groups in total. The molecule has 0 radical (unpaired) electrons. The van der Waals surface area contributed by atoms with E-state index in [1.54, 1.807) is 19.2 Å². The minimum atomic E-state index is -0.242. The Morgan fingerprint density at radius 1 is 1.52 bits per heavy atom. The maximum atomic E-state index is 14.0. The standard InChI is InChI=1S/C16H25FN2O2/c1-4-19-8-9-21-13(11-19)10-18-12(2)16-14(17)6-5-7-15(16)20-3/h5-7,12-13,18H,4,8-11H2,1-3H3. The topological polar surface area (TPSA) is 33.7 Å². The van der Waals surface area contributed by atoms with E-state index in [0.29, 0.717) is 17.9 Å². The van der Waals surface area contributed by atoms with Gasteiger partial charge in [0.05, 0.1) is 19.8 Å². The highest BCUT2D eigenvalue weighted by atomic mass is 19.1. The van der Waals surface area contributed by atoms with Crippen LogP contribution >= 0.6 is 0 Å². The van der Waals surface area contributed by atoms with Gasteiger partial charge < -0.3 is 14.8 Å². The van der Waals surface area contributed by atoms with Crippen LogP contribution in [0.4, 0.5) is 4.39 Å². The summed E-state index contributed by atoms with van der Waals surface area (Å²) in [6.45, 7) is 8.52. The summed E-state index contributed by atoms with van der Waals surface area (Å²) >= 11 is 0. The number of hydrogen-bond acceptors (Lipinski definition) is 4. The molecular weight excluding hydrogens is 271 g/mol. The lowest BCUT2D eigenvalue weighted by molar-refractivity contribution is -0.0262. The van der Waals surface area contributed by atoms with Crippen LogP contribution in [0.1, 0.15) is 25.5 Å². The molecule has 0 bridgehead atoms. The molecule has 0 aliphatic carbocycles. The van der Waals surface area contributed by atoms with Crippen LogP contribution in [0.5, 0.6) is 5.75 Å². The van der Waals surface area contributed by atoms with Crippen molar-refractivity contribution in [1.29, 1.82) is 0 Å². The molecule has 118 valence electrons. The van der Waals surface area contributed by atoms with Gasteiger partial charge in [0.2, 0.25) is 0 Å². The summed E-state index contributed by atoms with van der Waals surface area (Å²) in [4.78, 5) is 2.37. The van der Waals surface area contributed by atoms with Gasteiger partial charge in [0.15, 0.2) is 0 Å². The molecule has 21 heavy (non-hydrogen) atoms. The van der Waals surface area contributed by atoms with Gasteiger partial charge >= 0.3 is 0 Å². The molecule has 2 unspecified atom stereocenters. The molecule has 0 amide bonds. The third kappa shape index (κ3) is 4.15. The first-order chi connectivity index (χ1) is 10.2. The predicted molar refractivity (Wildman–Crippen MR) is 81.2 cm³/mol. The highest BCUT2D eigenvalue weighted by Crippen LogP contribution is 2.27. The van der Waals surface area contributed by atoms with Crippen LogP contribution in [-0.4, -0.2) is 50.9 Å². The summed E-state index contributed by atoms with van der Waals surface area (Å²) in [5.74, 6) is 0.337. The average Bonchev–Trinajstić information content (AvgIpc) is 2.52. The van der Waals surface area contributed by atoms with E-state index in [1.165, 1.54) is 6.07 Å². The smallest absolute Gasteiger partial charge is 0.131 e. The van der Waals surface area contributed by atoms with Crippen molar-refractivity contribution in [2.24, 2.45) is 0 Å². The Hall–Kier alpha value is -1.17. The van der Waals surface area contributed by atoms with E-state index >= 15 is 0 Å². The van der Waals surface area contributed by atoms with E-state index in [9.17, 15) is 4.39 Å². The van der Waals surface area contributed by atoms with Gasteiger partial charge in [0.1, 0.15) is 11.6 Å². The minimum absolute atomic E-state index is 0.123. The Balaban J connectivity index is 1.94. The Labute approximate surface area is 126 Å². The van der Waals surface area contributed by atoms with Gasteiger partial charge in [-0.15, -0.1) is 0 Å². The van der Waals surface area contributed by atoms with Crippen LogP contribution in [-0.2, 0) is 4.74 Å². The molecule has 1 saturated heterocycles. The summed E-state index contributed by atoms with van der Waals surface area (Å²) in [5.41, 5.74) is 0.572. The number of nitrogens with zero attached hydrogens (tertiary/aromatic N) is 1. The summed E-state index contributed by atoms with van der Waals surface area (Å²) in [7, 11) is 1.56. The van der Waals surface area contributed by atoms with Crippen molar-refractivity contribution in [3.8, 4) is 5.75 Å². The SMILES string of the molecule is CCN1CCOC(CNC(C)c2c(F)cccc2OC)C1. The number of morpholine rings is 1. The van der Waals surface area contributed by atoms with Crippen LogP contribution in [0.15, 0.2) is 18.2 Å². The Kier molecular flexibility index (Phi) is 5.96. The molecule has 1 aliphatic heterocycles. The van der Waals surface area contributed by atoms with Gasteiger partial charge in [0.25, 0.3) is 0 Å². The summed E-state index contributed by atoms with van der Waals surface area (Å²) in [6.07, 6.45) is 0.152. The van der Waals surface area contributed by atoms with Crippen LogP contribution in [0.2, 0.25) is 0 Å². The van der Waals surface area contributed by atoms with Gasteiger partial charge in [-0.1, -0.05) is 13.0 Å². The fraction of sp³-hybridized carbons (Fsp3) is 0.625. The third-order valence-electron chi connectivity index (χ3n) is 3.99. The van der Waals surface area contributed by atoms with E-state index in [4.69, 9.17) is 9.47 Å². The minimum Gasteiger partial charge on any atom is -0.496 e. The first-order valence-corrected chi connectivity index (χ1v) is 7.55. The number of methoxy groups -OCH3 is 1. The van der Waals surface area contributed by atoms with E-state index in [0.717, 1.165) is 26.2 Å². The lowest BCUT2D eigenvalue weighted by atomic mass is 10.1. The van der Waals surface area contributed by atoms with Gasteiger partial charge in [-0.3, -0.25) is 4.90 Å². The molecule has 1 aliphatic rings. The maximum Gasteiger partial charge on any atom is 0.131 e. The normalized spacial score (nSPS) is 21.2. The van der Waals surface area contributed by atoms with Crippen LogP contribution in [0.3, 0.4) is 0 Å². The lowest BCUT2D eigenvalue weighted by Crippen LogP contribution is -2.46. The second-order valence-corrected chi connectivity index (χ2v) is 5.37. The Morgan fingerprint density at radius 2 is 2.33 bits per heavy atom. The van der Waals surface area contributed by atoms with Gasteiger partial charge in [-0.2, -0.15) is 0 Å². The first kappa shape index (κ1) is 16.2. The third-order valence-corrected chi connectivity index (χ3v) is 3.99. The van der Waals surface area contributed by atoms with Gasteiger partial charge in [-0.25, -0.2) is 4.39 Å². The second-order valence-electron chi connectivity index (χ2n) is 5.37. The van der Waals surface area contributed by atoms with Crippen molar-refractivity contribution >= 4 is 0 Å². The monoisotopic (exact) mass is 296 g/mol. The number of likely N-dealkylation sites (N-methyl/N-ethyl adjacent to an activating group) is 1. The number of rotatable bonds is 6. The molecular formula is C16H25FN2O2. The number of ether oxygens (including phenoxy) is 2. The number of benzene rings is 1. The van der Waals surface area contributed by atoms with Crippen molar-refractivity contribution in [2.75, 3.05) is 39.9 Å². The molecule has 0 spiro atoms. The second kappa shape index (κ2) is 7.73. The molecule has 0 aromatic heterocycles. The van der Waals surface area contributed by atoms with Crippen molar-refractivity contribution in [3.05, 3.63) is 29.6 Å². The first-order valence-electron chi connectivity index (χ1n) is 7.55. The highest BCUT2D eigenvalue weighted by Gasteiger charge is 2.21. The van der Waals surface area contributed by atoms with Crippen molar-refractivity contribution in [3.63, 3.8) is 0 Å². The lowest BCUT2D eigenvalue weighted by Gasteiger charge is -2.33. The fourth-order valence-electron chi connectivity index (χ4n) is 2.72. The van der Waals surface area contributed by atoms with Crippen molar-refractivity contribution < 1.29 is 13.9 Å². The van der Waals surface area contributed by atoms with Crippen molar-refractivity contribution in [2.45, 2.75) is 26.0 Å². The van der Waals surface area contributed by atoms with E-state index in [1.807, 2.05) is 6.92 Å². The molecule has 2 rings (SSSR count). The summed E-state index contributed by atoms with van der Waals surface area (Å²) in [5, 5.41) is 3.36. The highest BCUT2D eigenvalue weighted by molar-refractivity contribution is 5.36. The molecule has 1 heterocycles. The zero-order valence-electron chi connectivity index (χ0n) is 13.1. The molecule has 0 saturated carbocycles. The number of hydrogen-bond donors (Lipinski definition) is 1. The maximum absolute atomic E-state index is 14.0. The molecule has 1 aromatic carbocycles. The van der Waals surface area contributed by atoms with Crippen LogP contribution in [0.25, 0.3) is 0 Å². The zero-order valence-corrected chi connectivity index (χ0v) is 13.1. The number of nitrogens with one attached hydrogen (secondary N) is 1. The molecule has 4 nitrogen and oxygen atoms in total. The summed E-state index contributed by atoms with van der Waals surface area (Å²) < 4.78 is 25.0. The largest absolute Gasteiger partial charge is 0.496 e. The van der Waals surface area contributed by atoms with E-state index in [-0.39, 0.29) is 18.0 Å². The summed E-state index contributed by atoms with van der Waals surface area (Å²) in [6, 6.07) is 4.79. The molecule has 1 aromatic rings. The van der Waals surface area contributed by atoms with Gasteiger partial charge in [-0.05, 0) is 25.6 Å². The molecule has 1 fully saturated rings. The molecule has 2 atom stereocenters. The van der Waals surface area contributed by atoms with Gasteiger partial charge in [0, 0.05) is 31.2 Å².